The third-order valence-corrected chi connectivity index (χ3v) is 2.00. The molecule has 8 heteroatoms. The molecule has 0 aliphatic rings. The highest BCUT2D eigenvalue weighted by Crippen LogP contribution is 2.27. The van der Waals surface area contributed by atoms with E-state index in [1.807, 2.05) is 0 Å². The van der Waals surface area contributed by atoms with Crippen molar-refractivity contribution in [2.24, 2.45) is 0 Å². The molecule has 1 heterocycles. The van der Waals surface area contributed by atoms with Gasteiger partial charge in [-0.2, -0.15) is 13.2 Å². The quantitative estimate of drug-likeness (QED) is 0.836. The summed E-state index contributed by atoms with van der Waals surface area (Å²) in [5.41, 5.74) is -1.13. The van der Waals surface area contributed by atoms with Crippen LogP contribution in [-0.4, -0.2) is 30.4 Å². The average Bonchev–Trinajstić information content (AvgIpc) is 2.34. The van der Waals surface area contributed by atoms with Gasteiger partial charge >= 0.3 is 6.18 Å². The van der Waals surface area contributed by atoms with Crippen LogP contribution in [0.15, 0.2) is 18.3 Å². The number of carbonyl (C=O) groups is 2. The first-order chi connectivity index (χ1) is 8.34. The zero-order valence-corrected chi connectivity index (χ0v) is 9.34. The molecule has 0 aliphatic heterocycles. The highest BCUT2D eigenvalue weighted by atomic mass is 19.4. The number of hydrogen-bond donors (Lipinski definition) is 2. The Morgan fingerprint density at radius 2 is 2.00 bits per heavy atom. The number of likely N-dealkylation sites (N-methyl/N-ethyl adjacent to an activating group) is 1. The summed E-state index contributed by atoms with van der Waals surface area (Å²) in [5.74, 6) is -1.08. The third kappa shape index (κ3) is 3.72. The van der Waals surface area contributed by atoms with Gasteiger partial charge in [0.2, 0.25) is 5.91 Å². The van der Waals surface area contributed by atoms with E-state index in [0.29, 0.717) is 6.07 Å². The number of alkyl halides is 3. The molecule has 0 spiro atoms. The Morgan fingerprint density at radius 3 is 2.44 bits per heavy atom. The van der Waals surface area contributed by atoms with E-state index < -0.39 is 23.7 Å². The minimum Gasteiger partial charge on any atom is -0.358 e. The summed E-state index contributed by atoms with van der Waals surface area (Å²) in [6.07, 6.45) is -3.74. The fourth-order valence-corrected chi connectivity index (χ4v) is 1.05. The summed E-state index contributed by atoms with van der Waals surface area (Å²) >= 11 is 0. The van der Waals surface area contributed by atoms with Crippen molar-refractivity contribution >= 4 is 11.8 Å². The van der Waals surface area contributed by atoms with Crippen LogP contribution in [0.1, 0.15) is 16.1 Å². The molecule has 0 unspecified atom stereocenters. The van der Waals surface area contributed by atoms with Crippen LogP contribution in [0.4, 0.5) is 13.2 Å². The Hall–Kier alpha value is -2.12. The number of rotatable bonds is 3. The second kappa shape index (κ2) is 5.48. The highest BCUT2D eigenvalue weighted by molar-refractivity contribution is 5.96. The van der Waals surface area contributed by atoms with Gasteiger partial charge in [-0.1, -0.05) is 0 Å². The van der Waals surface area contributed by atoms with Gasteiger partial charge in [0, 0.05) is 13.2 Å². The van der Waals surface area contributed by atoms with E-state index in [1.54, 1.807) is 0 Å². The predicted octanol–water partition coefficient (Wildman–Crippen LogP) is 0.576. The van der Waals surface area contributed by atoms with Crippen LogP contribution in [0.5, 0.6) is 0 Å². The molecular formula is C10H10F3N3O2. The van der Waals surface area contributed by atoms with Crippen LogP contribution >= 0.6 is 0 Å². The summed E-state index contributed by atoms with van der Waals surface area (Å²) in [7, 11) is 1.40. The summed E-state index contributed by atoms with van der Waals surface area (Å²) in [4.78, 5) is 25.4. The number of pyridine rings is 1. The largest absolute Gasteiger partial charge is 0.433 e. The molecule has 2 N–H and O–H groups in total. The number of carbonyl (C=O) groups excluding carboxylic acids is 2. The van der Waals surface area contributed by atoms with Crippen molar-refractivity contribution in [3.63, 3.8) is 0 Å². The molecule has 1 aromatic rings. The molecule has 0 atom stereocenters. The van der Waals surface area contributed by atoms with Crippen LogP contribution < -0.4 is 10.6 Å². The van der Waals surface area contributed by atoms with Crippen molar-refractivity contribution in [1.29, 1.82) is 0 Å². The number of nitrogens with zero attached hydrogens (tertiary/aromatic N) is 1. The fourth-order valence-electron chi connectivity index (χ4n) is 1.05. The average molecular weight is 261 g/mol. The molecule has 5 nitrogen and oxygen atoms in total. The van der Waals surface area contributed by atoms with Gasteiger partial charge in [0.05, 0.1) is 12.1 Å². The van der Waals surface area contributed by atoms with Crippen molar-refractivity contribution in [1.82, 2.24) is 15.6 Å². The van der Waals surface area contributed by atoms with Gasteiger partial charge in [-0.3, -0.25) is 14.6 Å². The molecule has 18 heavy (non-hydrogen) atoms. The van der Waals surface area contributed by atoms with Crippen molar-refractivity contribution in [2.45, 2.75) is 6.18 Å². The lowest BCUT2D eigenvalue weighted by molar-refractivity contribution is -0.141. The molecule has 1 aromatic heterocycles. The van der Waals surface area contributed by atoms with E-state index in [0.717, 1.165) is 12.3 Å². The summed E-state index contributed by atoms with van der Waals surface area (Å²) < 4.78 is 36.6. The number of hydrogen-bond acceptors (Lipinski definition) is 3. The van der Waals surface area contributed by atoms with Gasteiger partial charge in [-0.05, 0) is 12.1 Å². The number of aromatic nitrogens is 1. The van der Waals surface area contributed by atoms with Crippen molar-refractivity contribution in [2.75, 3.05) is 13.6 Å². The van der Waals surface area contributed by atoms with Crippen molar-refractivity contribution in [3.05, 3.63) is 29.6 Å². The third-order valence-electron chi connectivity index (χ3n) is 2.00. The van der Waals surface area contributed by atoms with E-state index in [1.165, 1.54) is 7.05 Å². The first-order valence-corrected chi connectivity index (χ1v) is 4.86. The van der Waals surface area contributed by atoms with E-state index >= 15 is 0 Å². The molecule has 0 radical (unpaired) electrons. The minimum absolute atomic E-state index is 0.0492. The number of halogens is 3. The standard InChI is InChI=1S/C10H10F3N3O2/c1-14-8(17)5-16-9(18)6-2-3-7(15-4-6)10(11,12)13/h2-4H,5H2,1H3,(H,14,17)(H,16,18). The molecule has 0 saturated carbocycles. The van der Waals surface area contributed by atoms with Crippen LogP contribution in [0, 0.1) is 0 Å². The second-order valence-electron chi connectivity index (χ2n) is 3.29. The zero-order chi connectivity index (χ0) is 13.8. The van der Waals surface area contributed by atoms with Gasteiger partial charge in [0.15, 0.2) is 0 Å². The van der Waals surface area contributed by atoms with Gasteiger partial charge in [0.1, 0.15) is 5.69 Å². The van der Waals surface area contributed by atoms with E-state index in [9.17, 15) is 22.8 Å². The van der Waals surface area contributed by atoms with Crippen LogP contribution in [0.2, 0.25) is 0 Å². The lowest BCUT2D eigenvalue weighted by atomic mass is 10.2. The van der Waals surface area contributed by atoms with Gasteiger partial charge < -0.3 is 10.6 Å². The van der Waals surface area contributed by atoms with Crippen molar-refractivity contribution < 1.29 is 22.8 Å². The number of amides is 2. The van der Waals surface area contributed by atoms with Gasteiger partial charge in [-0.25, -0.2) is 0 Å². The molecule has 0 saturated heterocycles. The molecular weight excluding hydrogens is 251 g/mol. The Bertz CT molecular complexity index is 443. The lowest BCUT2D eigenvalue weighted by Crippen LogP contribution is -2.35. The zero-order valence-electron chi connectivity index (χ0n) is 9.34. The summed E-state index contributed by atoms with van der Waals surface area (Å²) in [5, 5.41) is 4.52. The minimum atomic E-state index is -4.54. The normalized spacial score (nSPS) is 10.9. The highest BCUT2D eigenvalue weighted by Gasteiger charge is 2.32. The SMILES string of the molecule is CNC(=O)CNC(=O)c1ccc(C(F)(F)F)nc1. The smallest absolute Gasteiger partial charge is 0.358 e. The van der Waals surface area contributed by atoms with Crippen LogP contribution in [0.3, 0.4) is 0 Å². The molecule has 0 aromatic carbocycles. The van der Waals surface area contributed by atoms with Gasteiger partial charge in [0.25, 0.3) is 5.91 Å². The Kier molecular flexibility index (Phi) is 4.24. The maximum Gasteiger partial charge on any atom is 0.433 e. The Balaban J connectivity index is 2.68. The predicted molar refractivity (Wildman–Crippen MR) is 55.6 cm³/mol. The number of nitrogens with one attached hydrogen (secondary N) is 2. The molecule has 0 bridgehead atoms. The van der Waals surface area contributed by atoms with Crippen molar-refractivity contribution in [3.8, 4) is 0 Å². The molecule has 1 rings (SSSR count). The van der Waals surface area contributed by atoms with Crippen LogP contribution in [-0.2, 0) is 11.0 Å². The molecule has 98 valence electrons. The molecule has 2 amide bonds. The fraction of sp³-hybridized carbons (Fsp3) is 0.300. The Labute approximate surface area is 100 Å². The first-order valence-electron chi connectivity index (χ1n) is 4.86. The lowest BCUT2D eigenvalue weighted by Gasteiger charge is -2.07. The van der Waals surface area contributed by atoms with E-state index in [4.69, 9.17) is 0 Å². The monoisotopic (exact) mass is 261 g/mol. The Morgan fingerprint density at radius 1 is 1.33 bits per heavy atom. The van der Waals surface area contributed by atoms with Gasteiger partial charge in [-0.15, -0.1) is 0 Å². The first kappa shape index (κ1) is 13.9. The van der Waals surface area contributed by atoms with E-state index in [-0.39, 0.29) is 12.1 Å². The molecule has 0 fully saturated rings. The maximum atomic E-state index is 12.2. The summed E-state index contributed by atoms with van der Waals surface area (Å²) in [6, 6.07) is 1.70. The van der Waals surface area contributed by atoms with E-state index in [2.05, 4.69) is 15.6 Å². The second-order valence-corrected chi connectivity index (χ2v) is 3.29. The topological polar surface area (TPSA) is 71.1 Å². The molecule has 0 aliphatic carbocycles. The summed E-state index contributed by atoms with van der Waals surface area (Å²) in [6.45, 7) is -0.254. The maximum absolute atomic E-state index is 12.2. The van der Waals surface area contributed by atoms with Crippen LogP contribution in [0.25, 0.3) is 0 Å².